The molecule has 0 unspecified atom stereocenters. The lowest BCUT2D eigenvalue weighted by molar-refractivity contribution is 0.112. The minimum absolute atomic E-state index is 0.617. The van der Waals surface area contributed by atoms with Crippen molar-refractivity contribution in [3.8, 4) is 0 Å². The first kappa shape index (κ1) is 8.71. The van der Waals surface area contributed by atoms with Gasteiger partial charge in [0.2, 0.25) is 0 Å². The molecule has 3 nitrogen and oxygen atoms in total. The lowest BCUT2D eigenvalue weighted by Gasteiger charge is -2.04. The zero-order valence-electron chi connectivity index (χ0n) is 7.08. The number of nitrogens with zero attached hydrogens (tertiary/aromatic N) is 1. The average molecular weight is 164 g/mol. The number of aromatic nitrogens is 1. The number of hydrogen-bond donors (Lipinski definition) is 1. The molecule has 0 fully saturated rings. The van der Waals surface area contributed by atoms with Crippen molar-refractivity contribution in [2.24, 2.45) is 0 Å². The second-order valence-corrected chi connectivity index (χ2v) is 2.49. The lowest BCUT2D eigenvalue weighted by atomic mass is 10.3. The van der Waals surface area contributed by atoms with Crippen LogP contribution in [0.15, 0.2) is 18.3 Å². The first-order valence-corrected chi connectivity index (χ1v) is 4.02. The average Bonchev–Trinajstić information content (AvgIpc) is 2.15. The van der Waals surface area contributed by atoms with Crippen LogP contribution in [0, 0.1) is 0 Å². The van der Waals surface area contributed by atoms with Gasteiger partial charge in [-0.2, -0.15) is 0 Å². The predicted molar refractivity (Wildman–Crippen MR) is 48.4 cm³/mol. The highest BCUT2D eigenvalue weighted by Crippen LogP contribution is 2.07. The van der Waals surface area contributed by atoms with E-state index < -0.39 is 0 Å². The highest BCUT2D eigenvalue weighted by Gasteiger charge is 1.98. The number of nitrogens with one attached hydrogen (secondary N) is 1. The molecule has 1 N–H and O–H groups in total. The van der Waals surface area contributed by atoms with Gasteiger partial charge in [0, 0.05) is 12.7 Å². The predicted octanol–water partition coefficient (Wildman–Crippen LogP) is 1.72. The van der Waals surface area contributed by atoms with E-state index in [1.807, 2.05) is 0 Å². The van der Waals surface area contributed by atoms with E-state index >= 15 is 0 Å². The Balaban J connectivity index is 2.75. The van der Waals surface area contributed by atoms with Gasteiger partial charge in [0.15, 0.2) is 6.29 Å². The van der Waals surface area contributed by atoms with Gasteiger partial charge in [0.1, 0.15) is 5.82 Å². The van der Waals surface area contributed by atoms with Gasteiger partial charge in [-0.15, -0.1) is 0 Å². The number of carbonyl (C=O) groups is 1. The third kappa shape index (κ3) is 2.05. The molecule has 0 aliphatic rings. The normalized spacial score (nSPS) is 9.42. The number of anilines is 1. The van der Waals surface area contributed by atoms with E-state index in [1.54, 1.807) is 18.3 Å². The minimum atomic E-state index is 0.617. The summed E-state index contributed by atoms with van der Waals surface area (Å²) >= 11 is 0. The fourth-order valence-electron chi connectivity index (χ4n) is 0.904. The van der Waals surface area contributed by atoms with Crippen LogP contribution >= 0.6 is 0 Å². The first-order valence-electron chi connectivity index (χ1n) is 4.02. The molecule has 0 atom stereocenters. The maximum atomic E-state index is 10.5. The van der Waals surface area contributed by atoms with Crippen LogP contribution in [-0.4, -0.2) is 17.8 Å². The van der Waals surface area contributed by atoms with Gasteiger partial charge in [-0.25, -0.2) is 4.98 Å². The molecule has 1 rings (SSSR count). The minimum Gasteiger partial charge on any atom is -0.369 e. The van der Waals surface area contributed by atoms with Crippen LogP contribution in [0.1, 0.15) is 23.7 Å². The van der Waals surface area contributed by atoms with Crippen LogP contribution in [0.5, 0.6) is 0 Å². The van der Waals surface area contributed by atoms with Crippen molar-refractivity contribution in [3.63, 3.8) is 0 Å². The third-order valence-electron chi connectivity index (χ3n) is 1.51. The number of aldehydes is 1. The van der Waals surface area contributed by atoms with Crippen LogP contribution in [0.25, 0.3) is 0 Å². The van der Waals surface area contributed by atoms with Crippen LogP contribution < -0.4 is 5.32 Å². The summed E-state index contributed by atoms with van der Waals surface area (Å²) in [6, 6.07) is 3.50. The van der Waals surface area contributed by atoms with Crippen LogP contribution in [0.3, 0.4) is 0 Å². The Morgan fingerprint density at radius 2 is 2.50 bits per heavy atom. The molecule has 0 aliphatic heterocycles. The molecule has 3 heteroatoms. The molecular weight excluding hydrogens is 152 g/mol. The van der Waals surface area contributed by atoms with E-state index in [9.17, 15) is 4.79 Å². The largest absolute Gasteiger partial charge is 0.369 e. The Labute approximate surface area is 71.8 Å². The zero-order valence-corrected chi connectivity index (χ0v) is 7.08. The molecule has 0 amide bonds. The molecule has 0 spiro atoms. The quantitative estimate of drug-likeness (QED) is 0.689. The second kappa shape index (κ2) is 4.49. The van der Waals surface area contributed by atoms with Crippen molar-refractivity contribution < 1.29 is 4.79 Å². The Morgan fingerprint density at radius 1 is 1.67 bits per heavy atom. The van der Waals surface area contributed by atoms with Gasteiger partial charge in [0.25, 0.3) is 0 Å². The monoisotopic (exact) mass is 164 g/mol. The molecule has 1 aromatic heterocycles. The van der Waals surface area contributed by atoms with E-state index in [-0.39, 0.29) is 0 Å². The Kier molecular flexibility index (Phi) is 3.26. The Bertz CT molecular complexity index is 260. The highest BCUT2D eigenvalue weighted by molar-refractivity contribution is 5.82. The fraction of sp³-hybridized carbons (Fsp3) is 0.333. The molecular formula is C9H12N2O. The topological polar surface area (TPSA) is 42.0 Å². The van der Waals surface area contributed by atoms with Crippen LogP contribution in [0.2, 0.25) is 0 Å². The summed E-state index contributed by atoms with van der Waals surface area (Å²) in [5.41, 5.74) is 0.617. The maximum absolute atomic E-state index is 10.5. The summed E-state index contributed by atoms with van der Waals surface area (Å²) in [6.45, 7) is 2.91. The standard InChI is InChI=1S/C9H12N2O/c1-2-5-10-9-8(7-12)4-3-6-11-9/h3-4,6-7H,2,5H2,1H3,(H,10,11). The molecule has 0 radical (unpaired) electrons. The number of pyridine rings is 1. The van der Waals surface area contributed by atoms with Crippen molar-refractivity contribution in [2.75, 3.05) is 11.9 Å². The van der Waals surface area contributed by atoms with E-state index in [2.05, 4.69) is 17.2 Å². The van der Waals surface area contributed by atoms with Gasteiger partial charge in [-0.1, -0.05) is 6.92 Å². The van der Waals surface area contributed by atoms with Crippen molar-refractivity contribution in [1.29, 1.82) is 0 Å². The van der Waals surface area contributed by atoms with Crippen LogP contribution in [-0.2, 0) is 0 Å². The Morgan fingerprint density at radius 3 is 3.17 bits per heavy atom. The number of hydrogen-bond acceptors (Lipinski definition) is 3. The smallest absolute Gasteiger partial charge is 0.153 e. The zero-order chi connectivity index (χ0) is 8.81. The SMILES string of the molecule is CCCNc1ncccc1C=O. The van der Waals surface area contributed by atoms with Gasteiger partial charge in [0.05, 0.1) is 5.56 Å². The van der Waals surface area contributed by atoms with Crippen molar-refractivity contribution >= 4 is 12.1 Å². The molecule has 1 heterocycles. The molecule has 0 bridgehead atoms. The first-order chi connectivity index (χ1) is 5.88. The molecule has 64 valence electrons. The molecule has 0 saturated heterocycles. The van der Waals surface area contributed by atoms with Gasteiger partial charge in [-0.3, -0.25) is 4.79 Å². The lowest BCUT2D eigenvalue weighted by Crippen LogP contribution is -2.04. The fourth-order valence-corrected chi connectivity index (χ4v) is 0.904. The van der Waals surface area contributed by atoms with Crippen molar-refractivity contribution in [2.45, 2.75) is 13.3 Å². The summed E-state index contributed by atoms with van der Waals surface area (Å²) in [5, 5.41) is 3.07. The Hall–Kier alpha value is -1.38. The van der Waals surface area contributed by atoms with Gasteiger partial charge >= 0.3 is 0 Å². The van der Waals surface area contributed by atoms with E-state index in [4.69, 9.17) is 0 Å². The molecule has 0 aliphatic carbocycles. The van der Waals surface area contributed by atoms with E-state index in [0.717, 1.165) is 19.3 Å². The summed E-state index contributed by atoms with van der Waals surface area (Å²) in [7, 11) is 0. The van der Waals surface area contributed by atoms with E-state index in [1.165, 1.54) is 0 Å². The summed E-state index contributed by atoms with van der Waals surface area (Å²) in [5.74, 6) is 0.675. The van der Waals surface area contributed by atoms with Gasteiger partial charge in [-0.05, 0) is 18.6 Å². The molecule has 0 aromatic carbocycles. The van der Waals surface area contributed by atoms with Crippen LogP contribution in [0.4, 0.5) is 5.82 Å². The van der Waals surface area contributed by atoms with Crippen molar-refractivity contribution in [3.05, 3.63) is 23.9 Å². The third-order valence-corrected chi connectivity index (χ3v) is 1.51. The summed E-state index contributed by atoms with van der Waals surface area (Å²) < 4.78 is 0. The summed E-state index contributed by atoms with van der Waals surface area (Å²) in [6.07, 6.45) is 3.50. The summed E-state index contributed by atoms with van der Waals surface area (Å²) in [4.78, 5) is 14.6. The number of carbonyl (C=O) groups excluding carboxylic acids is 1. The van der Waals surface area contributed by atoms with Crippen molar-refractivity contribution in [1.82, 2.24) is 4.98 Å². The molecule has 12 heavy (non-hydrogen) atoms. The van der Waals surface area contributed by atoms with Gasteiger partial charge < -0.3 is 5.32 Å². The highest BCUT2D eigenvalue weighted by atomic mass is 16.1. The van der Waals surface area contributed by atoms with E-state index in [0.29, 0.717) is 11.4 Å². The molecule has 0 saturated carbocycles. The second-order valence-electron chi connectivity index (χ2n) is 2.49. The maximum Gasteiger partial charge on any atom is 0.153 e. The molecule has 1 aromatic rings. The number of rotatable bonds is 4.